The van der Waals surface area contributed by atoms with E-state index in [0.29, 0.717) is 11.4 Å². The van der Waals surface area contributed by atoms with Crippen molar-refractivity contribution in [2.45, 2.75) is 18.7 Å². The highest BCUT2D eigenvalue weighted by Gasteiger charge is 2.20. The van der Waals surface area contributed by atoms with Gasteiger partial charge in [0.05, 0.1) is 35.0 Å². The van der Waals surface area contributed by atoms with Gasteiger partial charge in [0.25, 0.3) is 5.56 Å². The van der Waals surface area contributed by atoms with Gasteiger partial charge < -0.3 is 10.1 Å². The maximum absolute atomic E-state index is 12.9. The molecule has 0 saturated carbocycles. The number of nitrogens with zero attached hydrogens (tertiary/aromatic N) is 2. The van der Waals surface area contributed by atoms with Crippen LogP contribution in [0.3, 0.4) is 0 Å². The minimum atomic E-state index is -4.02. The number of hydrogen-bond donors (Lipinski definition) is 2. The van der Waals surface area contributed by atoms with Crippen molar-refractivity contribution in [3.8, 4) is 5.69 Å². The number of anilines is 1. The summed E-state index contributed by atoms with van der Waals surface area (Å²) in [6.45, 7) is 2.96. The maximum Gasteiger partial charge on any atom is 0.338 e. The molecule has 0 unspecified atom stereocenters. The Morgan fingerprint density at radius 1 is 1.03 bits per heavy atom. The first-order valence-electron chi connectivity index (χ1n) is 10.1. The van der Waals surface area contributed by atoms with Crippen LogP contribution in [0.15, 0.2) is 64.3 Å². The summed E-state index contributed by atoms with van der Waals surface area (Å²) in [6.07, 6.45) is 0. The first kappa shape index (κ1) is 24.0. The van der Waals surface area contributed by atoms with Crippen molar-refractivity contribution in [1.29, 1.82) is 0 Å². The smallest absolute Gasteiger partial charge is 0.338 e. The van der Waals surface area contributed by atoms with Gasteiger partial charge >= 0.3 is 5.97 Å². The van der Waals surface area contributed by atoms with Gasteiger partial charge in [0.15, 0.2) is 0 Å². The number of nitrogens with one attached hydrogen (secondary N) is 2. The Bertz CT molecular complexity index is 1330. The van der Waals surface area contributed by atoms with E-state index in [2.05, 4.69) is 10.0 Å². The molecule has 0 aliphatic heterocycles. The van der Waals surface area contributed by atoms with Crippen molar-refractivity contribution in [3.05, 3.63) is 76.2 Å². The normalized spacial score (nSPS) is 11.2. The number of amides is 1. The zero-order valence-corrected chi connectivity index (χ0v) is 19.2. The molecule has 11 heteroatoms. The fourth-order valence-corrected chi connectivity index (χ4v) is 4.11. The van der Waals surface area contributed by atoms with Gasteiger partial charge in [0.2, 0.25) is 15.9 Å². The van der Waals surface area contributed by atoms with Crippen LogP contribution in [0.4, 0.5) is 5.69 Å². The van der Waals surface area contributed by atoms with Crippen LogP contribution in [0.25, 0.3) is 5.69 Å². The van der Waals surface area contributed by atoms with Gasteiger partial charge in [-0.05, 0) is 50.2 Å². The number of esters is 1. The third-order valence-corrected chi connectivity index (χ3v) is 6.33. The minimum Gasteiger partial charge on any atom is -0.462 e. The minimum absolute atomic E-state index is 0.0596. The third-order valence-electron chi connectivity index (χ3n) is 4.92. The predicted octanol–water partition coefficient (Wildman–Crippen LogP) is 1.58. The molecular weight excluding hydrogens is 448 g/mol. The molecule has 2 aromatic carbocycles. The van der Waals surface area contributed by atoms with Gasteiger partial charge in [-0.15, -0.1) is 0 Å². The molecule has 174 valence electrons. The molecule has 3 aromatic rings. The zero-order valence-electron chi connectivity index (χ0n) is 18.4. The van der Waals surface area contributed by atoms with Crippen LogP contribution < -0.4 is 15.6 Å². The molecule has 1 aromatic heterocycles. The number of hydrogen-bond acceptors (Lipinski definition) is 6. The average Bonchev–Trinajstić information content (AvgIpc) is 3.01. The number of rotatable bonds is 8. The standard InChI is InChI=1S/C22H24N4O6S/c1-4-32-22(29)16-10-12-18(13-11-16)33(30,31)23-14-19(27)24-20-15(2)25(3)26(21(20)28)17-8-6-5-7-9-17/h5-13,23H,4,14H2,1-3H3,(H,24,27). The van der Waals surface area contributed by atoms with Crippen LogP contribution in [0.1, 0.15) is 23.0 Å². The van der Waals surface area contributed by atoms with Crippen molar-refractivity contribution < 1.29 is 22.7 Å². The largest absolute Gasteiger partial charge is 0.462 e. The molecule has 0 spiro atoms. The van der Waals surface area contributed by atoms with Crippen LogP contribution in [0, 0.1) is 6.92 Å². The molecule has 0 atom stereocenters. The lowest BCUT2D eigenvalue weighted by atomic mass is 10.2. The molecule has 2 N–H and O–H groups in total. The lowest BCUT2D eigenvalue weighted by Gasteiger charge is -2.08. The Morgan fingerprint density at radius 3 is 2.27 bits per heavy atom. The number of ether oxygens (including phenoxy) is 1. The fourth-order valence-electron chi connectivity index (χ4n) is 3.12. The van der Waals surface area contributed by atoms with Crippen molar-refractivity contribution in [2.24, 2.45) is 7.05 Å². The van der Waals surface area contributed by atoms with Gasteiger partial charge in [-0.2, -0.15) is 0 Å². The molecule has 0 saturated heterocycles. The second-order valence-electron chi connectivity index (χ2n) is 7.05. The van der Waals surface area contributed by atoms with Crippen molar-refractivity contribution in [3.63, 3.8) is 0 Å². The van der Waals surface area contributed by atoms with E-state index in [1.165, 1.54) is 28.9 Å². The number of sulfonamides is 1. The van der Waals surface area contributed by atoms with E-state index in [-0.39, 0.29) is 22.8 Å². The van der Waals surface area contributed by atoms with Crippen molar-refractivity contribution >= 4 is 27.6 Å². The van der Waals surface area contributed by atoms with Gasteiger partial charge in [-0.1, -0.05) is 18.2 Å². The van der Waals surface area contributed by atoms with Gasteiger partial charge in [-0.3, -0.25) is 14.3 Å². The molecule has 1 amide bonds. The highest BCUT2D eigenvalue weighted by molar-refractivity contribution is 7.89. The Balaban J connectivity index is 1.71. The van der Waals surface area contributed by atoms with E-state index in [4.69, 9.17) is 4.74 Å². The van der Waals surface area contributed by atoms with E-state index in [1.807, 2.05) is 6.07 Å². The summed E-state index contributed by atoms with van der Waals surface area (Å²) in [5.41, 5.74) is 0.967. The molecular formula is C22H24N4O6S. The second kappa shape index (κ2) is 9.84. The molecule has 1 heterocycles. The number of para-hydroxylation sites is 1. The summed E-state index contributed by atoms with van der Waals surface area (Å²) < 4.78 is 35.0. The summed E-state index contributed by atoms with van der Waals surface area (Å²) in [7, 11) is -2.34. The van der Waals surface area contributed by atoms with E-state index < -0.39 is 34.0 Å². The van der Waals surface area contributed by atoms with Crippen LogP contribution in [0.5, 0.6) is 0 Å². The van der Waals surface area contributed by atoms with E-state index in [1.54, 1.807) is 49.8 Å². The molecule has 0 fully saturated rings. The molecule has 0 radical (unpaired) electrons. The lowest BCUT2D eigenvalue weighted by Crippen LogP contribution is -2.34. The first-order chi connectivity index (χ1) is 15.7. The third kappa shape index (κ3) is 5.21. The summed E-state index contributed by atoms with van der Waals surface area (Å²) in [4.78, 5) is 36.8. The van der Waals surface area contributed by atoms with Crippen LogP contribution >= 0.6 is 0 Å². The summed E-state index contributed by atoms with van der Waals surface area (Å²) in [5.74, 6) is -1.26. The molecule has 0 aliphatic rings. The predicted molar refractivity (Wildman–Crippen MR) is 122 cm³/mol. The number of benzene rings is 2. The summed E-state index contributed by atoms with van der Waals surface area (Å²) in [6, 6.07) is 14.1. The highest BCUT2D eigenvalue weighted by atomic mass is 32.2. The number of aromatic nitrogens is 2. The average molecular weight is 473 g/mol. The number of carbonyl (C=O) groups excluding carboxylic acids is 2. The Hall–Kier alpha value is -3.70. The van der Waals surface area contributed by atoms with Gasteiger partial charge in [0.1, 0.15) is 5.69 Å². The van der Waals surface area contributed by atoms with Crippen LogP contribution in [-0.4, -0.2) is 42.8 Å². The molecule has 0 aliphatic carbocycles. The van der Waals surface area contributed by atoms with E-state index in [0.717, 1.165) is 0 Å². The maximum atomic E-state index is 12.9. The number of carbonyl (C=O) groups is 2. The molecule has 33 heavy (non-hydrogen) atoms. The second-order valence-corrected chi connectivity index (χ2v) is 8.82. The molecule has 0 bridgehead atoms. The van der Waals surface area contributed by atoms with Crippen LogP contribution in [-0.2, 0) is 26.6 Å². The lowest BCUT2D eigenvalue weighted by molar-refractivity contribution is -0.115. The topological polar surface area (TPSA) is 128 Å². The van der Waals surface area contributed by atoms with Crippen molar-refractivity contribution in [1.82, 2.24) is 14.1 Å². The first-order valence-corrected chi connectivity index (χ1v) is 11.5. The Morgan fingerprint density at radius 2 is 1.67 bits per heavy atom. The molecule has 10 nitrogen and oxygen atoms in total. The molecule has 3 rings (SSSR count). The Kier molecular flexibility index (Phi) is 7.14. The van der Waals surface area contributed by atoms with Crippen molar-refractivity contribution in [2.75, 3.05) is 18.5 Å². The fraction of sp³-hybridized carbons (Fsp3) is 0.227. The quantitative estimate of drug-likeness (QED) is 0.479. The van der Waals surface area contributed by atoms with Gasteiger partial charge in [0, 0.05) is 7.05 Å². The van der Waals surface area contributed by atoms with Crippen LogP contribution in [0.2, 0.25) is 0 Å². The van der Waals surface area contributed by atoms with E-state index in [9.17, 15) is 22.8 Å². The summed E-state index contributed by atoms with van der Waals surface area (Å²) in [5, 5.41) is 2.49. The van der Waals surface area contributed by atoms with Gasteiger partial charge in [-0.25, -0.2) is 22.6 Å². The highest BCUT2D eigenvalue weighted by Crippen LogP contribution is 2.14. The monoisotopic (exact) mass is 472 g/mol. The zero-order chi connectivity index (χ0) is 24.2. The Labute approximate surface area is 190 Å². The SMILES string of the molecule is CCOC(=O)c1ccc(S(=O)(=O)NCC(=O)Nc2c(C)n(C)n(-c3ccccc3)c2=O)cc1. The van der Waals surface area contributed by atoms with E-state index >= 15 is 0 Å². The summed E-state index contributed by atoms with van der Waals surface area (Å²) >= 11 is 0.